The van der Waals surface area contributed by atoms with E-state index in [0.29, 0.717) is 11.5 Å². The molecule has 0 heterocycles. The second kappa shape index (κ2) is 14.5. The fourth-order valence-electron chi connectivity index (χ4n) is 4.23. The topological polar surface area (TPSA) is 125 Å². The molecule has 2 unspecified atom stereocenters. The van der Waals surface area contributed by atoms with Crippen molar-refractivity contribution in [2.75, 3.05) is 0 Å². The Labute approximate surface area is 257 Å². The van der Waals surface area contributed by atoms with Crippen molar-refractivity contribution >= 4 is 11.9 Å². The maximum atomic E-state index is 12.5. The summed E-state index contributed by atoms with van der Waals surface area (Å²) < 4.78 is 10.9. The molecule has 0 aromatic heterocycles. The first-order valence-corrected chi connectivity index (χ1v) is 14.2. The van der Waals surface area contributed by atoms with Crippen molar-refractivity contribution < 1.29 is 19.1 Å². The smallest absolute Gasteiger partial charge is 0.311 e. The van der Waals surface area contributed by atoms with Crippen molar-refractivity contribution in [3.8, 4) is 45.9 Å². The van der Waals surface area contributed by atoms with E-state index in [2.05, 4.69) is 22.4 Å². The highest BCUT2D eigenvalue weighted by atomic mass is 16.5. The van der Waals surface area contributed by atoms with Gasteiger partial charge < -0.3 is 9.47 Å². The molecule has 0 aliphatic heterocycles. The van der Waals surface area contributed by atoms with Gasteiger partial charge in [0.1, 0.15) is 11.5 Å². The number of nitrogens with zero attached hydrogens (tertiary/aromatic N) is 4. The molecule has 0 N–H and O–H groups in total. The fourth-order valence-corrected chi connectivity index (χ4v) is 4.23. The van der Waals surface area contributed by atoms with Crippen molar-refractivity contribution in [3.05, 3.63) is 109 Å². The van der Waals surface area contributed by atoms with Crippen molar-refractivity contribution in [2.45, 2.75) is 50.6 Å². The van der Waals surface area contributed by atoms with Crippen molar-refractivity contribution in [1.29, 1.82) is 10.5 Å². The standard InChI is InChI=1S/C36H32N4O4/c1-35(25-37,23-21-33(41)43-31-17-13-29(14-18-31)27-9-5-3-6-10-27)39-40-36(2,26-38)24-22-34(42)44-32-19-15-30(16-20-32)28-11-7-4-8-12-28/h3-20H,21-24H2,1-2H3. The van der Waals surface area contributed by atoms with Crippen LogP contribution in [0.3, 0.4) is 0 Å². The number of carbonyl (C=O) groups excluding carboxylic acids is 2. The van der Waals surface area contributed by atoms with Gasteiger partial charge in [0.2, 0.25) is 0 Å². The van der Waals surface area contributed by atoms with Gasteiger partial charge in [-0.15, -0.1) is 0 Å². The summed E-state index contributed by atoms with van der Waals surface area (Å²) in [6.07, 6.45) is -0.0860. The lowest BCUT2D eigenvalue weighted by atomic mass is 9.97. The molecular formula is C36H32N4O4. The van der Waals surface area contributed by atoms with Gasteiger partial charge in [0, 0.05) is 12.8 Å². The quantitative estimate of drug-likeness (QED) is 0.0941. The van der Waals surface area contributed by atoms with Crippen LogP contribution in [0.1, 0.15) is 39.5 Å². The number of hydrogen-bond donors (Lipinski definition) is 0. The monoisotopic (exact) mass is 584 g/mol. The van der Waals surface area contributed by atoms with Gasteiger partial charge in [-0.1, -0.05) is 84.9 Å². The Morgan fingerprint density at radius 1 is 0.568 bits per heavy atom. The Bertz CT molecular complexity index is 1550. The molecule has 0 saturated heterocycles. The molecule has 0 spiro atoms. The van der Waals surface area contributed by atoms with E-state index in [-0.39, 0.29) is 25.7 Å². The minimum atomic E-state index is -1.37. The van der Waals surface area contributed by atoms with Gasteiger partial charge in [0.15, 0.2) is 11.1 Å². The van der Waals surface area contributed by atoms with Crippen LogP contribution in [0.4, 0.5) is 0 Å². The molecule has 0 radical (unpaired) electrons. The Kier molecular flexibility index (Phi) is 10.3. The van der Waals surface area contributed by atoms with Gasteiger partial charge in [0.05, 0.1) is 12.1 Å². The first kappa shape index (κ1) is 31.3. The number of ether oxygens (including phenoxy) is 2. The van der Waals surface area contributed by atoms with Crippen LogP contribution < -0.4 is 9.47 Å². The van der Waals surface area contributed by atoms with Crippen LogP contribution in [0.25, 0.3) is 22.3 Å². The lowest BCUT2D eigenvalue weighted by Gasteiger charge is -2.19. The summed E-state index contributed by atoms with van der Waals surface area (Å²) in [6.45, 7) is 3.06. The molecule has 8 heteroatoms. The van der Waals surface area contributed by atoms with E-state index < -0.39 is 23.0 Å². The van der Waals surface area contributed by atoms with Gasteiger partial charge in [-0.25, -0.2) is 0 Å². The van der Waals surface area contributed by atoms with E-state index in [4.69, 9.17) is 9.47 Å². The summed E-state index contributed by atoms with van der Waals surface area (Å²) in [5.74, 6) is -0.245. The van der Waals surface area contributed by atoms with Gasteiger partial charge in [-0.05, 0) is 73.2 Å². The molecule has 0 fully saturated rings. The maximum absolute atomic E-state index is 12.5. The predicted molar refractivity (Wildman–Crippen MR) is 166 cm³/mol. The number of carbonyl (C=O) groups is 2. The number of azo groups is 1. The van der Waals surface area contributed by atoms with Crippen molar-refractivity contribution in [2.24, 2.45) is 10.2 Å². The minimum absolute atomic E-state index is 0.0382. The average Bonchev–Trinajstić information content (AvgIpc) is 3.07. The third kappa shape index (κ3) is 8.95. The van der Waals surface area contributed by atoms with E-state index in [1.165, 1.54) is 13.8 Å². The number of rotatable bonds is 12. The number of esters is 2. The minimum Gasteiger partial charge on any atom is -0.427 e. The maximum Gasteiger partial charge on any atom is 0.311 e. The molecule has 0 saturated carbocycles. The summed E-state index contributed by atoms with van der Waals surface area (Å²) in [7, 11) is 0. The Morgan fingerprint density at radius 2 is 0.886 bits per heavy atom. The summed E-state index contributed by atoms with van der Waals surface area (Å²) in [5.41, 5.74) is 1.36. The fraction of sp³-hybridized carbons (Fsp3) is 0.222. The molecule has 44 heavy (non-hydrogen) atoms. The van der Waals surface area contributed by atoms with E-state index in [0.717, 1.165) is 22.3 Å². The van der Waals surface area contributed by atoms with Crippen LogP contribution in [-0.4, -0.2) is 23.0 Å². The molecule has 0 amide bonds. The molecule has 4 rings (SSSR count). The van der Waals surface area contributed by atoms with E-state index in [9.17, 15) is 20.1 Å². The highest BCUT2D eigenvalue weighted by Crippen LogP contribution is 2.26. The zero-order chi connectivity index (χ0) is 31.4. The molecule has 4 aromatic carbocycles. The Balaban J connectivity index is 1.27. The number of hydrogen-bond acceptors (Lipinski definition) is 8. The second-order valence-electron chi connectivity index (χ2n) is 10.7. The summed E-state index contributed by atoms with van der Waals surface area (Å²) in [6, 6.07) is 38.1. The molecule has 0 aliphatic carbocycles. The zero-order valence-corrected chi connectivity index (χ0v) is 24.6. The highest BCUT2D eigenvalue weighted by Gasteiger charge is 2.30. The van der Waals surface area contributed by atoms with Crippen LogP contribution in [-0.2, 0) is 9.59 Å². The normalized spacial score (nSPS) is 13.5. The van der Waals surface area contributed by atoms with Crippen LogP contribution in [0.2, 0.25) is 0 Å². The molecule has 4 aromatic rings. The summed E-state index contributed by atoms with van der Waals surface area (Å²) >= 11 is 0. The van der Waals surface area contributed by atoms with Gasteiger partial charge in [-0.2, -0.15) is 20.8 Å². The van der Waals surface area contributed by atoms with Crippen LogP contribution >= 0.6 is 0 Å². The van der Waals surface area contributed by atoms with Gasteiger partial charge in [-0.3, -0.25) is 9.59 Å². The third-order valence-corrected chi connectivity index (χ3v) is 6.99. The highest BCUT2D eigenvalue weighted by molar-refractivity contribution is 5.74. The molecule has 0 bridgehead atoms. The van der Waals surface area contributed by atoms with Crippen LogP contribution in [0.15, 0.2) is 119 Å². The molecule has 2 atom stereocenters. The number of benzene rings is 4. The van der Waals surface area contributed by atoms with Crippen molar-refractivity contribution in [1.82, 2.24) is 0 Å². The summed E-state index contributed by atoms with van der Waals surface area (Å²) in [5, 5.41) is 27.8. The van der Waals surface area contributed by atoms with E-state index >= 15 is 0 Å². The van der Waals surface area contributed by atoms with Gasteiger partial charge >= 0.3 is 11.9 Å². The first-order valence-electron chi connectivity index (χ1n) is 14.2. The van der Waals surface area contributed by atoms with E-state index in [1.807, 2.05) is 84.9 Å². The Hall–Kier alpha value is -5.60. The molecule has 0 aliphatic rings. The second-order valence-corrected chi connectivity index (χ2v) is 10.7. The van der Waals surface area contributed by atoms with Crippen LogP contribution in [0, 0.1) is 22.7 Å². The average molecular weight is 585 g/mol. The largest absolute Gasteiger partial charge is 0.427 e. The zero-order valence-electron chi connectivity index (χ0n) is 24.6. The lowest BCUT2D eigenvalue weighted by molar-refractivity contribution is -0.135. The first-order chi connectivity index (χ1) is 21.2. The SMILES string of the molecule is CC(C#N)(CCC(=O)Oc1ccc(-c2ccccc2)cc1)N=NC(C)(C#N)CCC(=O)Oc1ccc(-c2ccccc2)cc1. The van der Waals surface area contributed by atoms with Crippen molar-refractivity contribution in [3.63, 3.8) is 0 Å². The molecule has 220 valence electrons. The lowest BCUT2D eigenvalue weighted by Crippen LogP contribution is -2.26. The molecule has 8 nitrogen and oxygen atoms in total. The predicted octanol–water partition coefficient (Wildman–Crippen LogP) is 8.11. The van der Waals surface area contributed by atoms with Gasteiger partial charge in [0.25, 0.3) is 0 Å². The van der Waals surface area contributed by atoms with Crippen LogP contribution in [0.5, 0.6) is 11.5 Å². The number of nitriles is 2. The molecular weight excluding hydrogens is 552 g/mol. The Morgan fingerprint density at radius 3 is 1.20 bits per heavy atom. The van der Waals surface area contributed by atoms with E-state index in [1.54, 1.807) is 24.3 Å². The third-order valence-electron chi connectivity index (χ3n) is 6.99. The summed E-state index contributed by atoms with van der Waals surface area (Å²) in [4.78, 5) is 25.0.